The van der Waals surface area contributed by atoms with Crippen LogP contribution in [0.25, 0.3) is 22.4 Å². The average Bonchev–Trinajstić information content (AvgIpc) is 3.13. The van der Waals surface area contributed by atoms with E-state index in [1.807, 2.05) is 0 Å². The topological polar surface area (TPSA) is 91.8 Å². The van der Waals surface area contributed by atoms with Crippen molar-refractivity contribution in [1.82, 2.24) is 15.5 Å². The van der Waals surface area contributed by atoms with E-state index in [4.69, 9.17) is 9.78 Å². The van der Waals surface area contributed by atoms with Gasteiger partial charge in [0, 0.05) is 12.1 Å². The molecule has 29 heavy (non-hydrogen) atoms. The Morgan fingerprint density at radius 3 is 2.69 bits per heavy atom. The zero-order valence-electron chi connectivity index (χ0n) is 15.4. The van der Waals surface area contributed by atoms with Gasteiger partial charge >= 0.3 is 0 Å². The van der Waals surface area contributed by atoms with Gasteiger partial charge in [-0.25, -0.2) is 9.37 Å². The number of carbonyl (C=O) groups is 1. The van der Waals surface area contributed by atoms with Gasteiger partial charge in [-0.05, 0) is 42.8 Å². The maximum Gasteiger partial charge on any atom is 0.259 e. The van der Waals surface area contributed by atoms with E-state index in [2.05, 4.69) is 21.5 Å². The van der Waals surface area contributed by atoms with Gasteiger partial charge in [0.15, 0.2) is 0 Å². The fourth-order valence-electron chi connectivity index (χ4n) is 3.06. The first-order chi connectivity index (χ1) is 14.1. The van der Waals surface area contributed by atoms with Gasteiger partial charge in [0.25, 0.3) is 11.6 Å². The number of rotatable bonds is 4. The quantitative estimate of drug-likeness (QED) is 0.569. The number of nitriles is 1. The van der Waals surface area contributed by atoms with E-state index in [1.54, 1.807) is 55.5 Å². The van der Waals surface area contributed by atoms with Crippen molar-refractivity contribution in [3.63, 3.8) is 0 Å². The Morgan fingerprint density at radius 2 is 1.97 bits per heavy atom. The summed E-state index contributed by atoms with van der Waals surface area (Å²) in [4.78, 5) is 17.2. The van der Waals surface area contributed by atoms with Gasteiger partial charge in [-0.2, -0.15) is 5.26 Å². The molecular weight excluding hydrogens is 371 g/mol. The molecule has 0 fully saturated rings. The molecule has 2 aromatic heterocycles. The number of aryl methyl sites for hydroxylation is 1. The Labute approximate surface area is 165 Å². The zero-order chi connectivity index (χ0) is 20.4. The number of halogens is 1. The third kappa shape index (κ3) is 3.56. The van der Waals surface area contributed by atoms with E-state index in [-0.39, 0.29) is 29.4 Å². The summed E-state index contributed by atoms with van der Waals surface area (Å²) in [6, 6.07) is 16.7. The number of nitrogens with zero attached hydrogens (tertiary/aromatic N) is 3. The molecule has 0 aliphatic heterocycles. The van der Waals surface area contributed by atoms with Crippen LogP contribution in [0.3, 0.4) is 0 Å². The van der Waals surface area contributed by atoms with Crippen LogP contribution < -0.4 is 5.32 Å². The lowest BCUT2D eigenvalue weighted by Gasteiger charge is -2.09. The molecule has 0 saturated carbocycles. The second-order valence-corrected chi connectivity index (χ2v) is 6.47. The minimum atomic E-state index is -0.445. The molecule has 4 rings (SSSR count). The summed E-state index contributed by atoms with van der Waals surface area (Å²) in [5.74, 6) is -0.801. The molecule has 142 valence electrons. The fraction of sp³-hybridized carbons (Fsp3) is 0.0909. The largest absolute Gasteiger partial charge is 0.348 e. The Hall–Kier alpha value is -4.05. The number of aromatic nitrogens is 2. The number of fused-ring (bicyclic) bond motifs is 1. The zero-order valence-corrected chi connectivity index (χ0v) is 15.4. The summed E-state index contributed by atoms with van der Waals surface area (Å²) in [6.45, 7) is 1.99. The van der Waals surface area contributed by atoms with Crippen molar-refractivity contribution in [3.8, 4) is 17.3 Å². The van der Waals surface area contributed by atoms with Gasteiger partial charge in [-0.3, -0.25) is 4.79 Å². The SMILES string of the molecule is Cc1noc2nc(-c3ccccc3F)cc(C(=O)NCc3ccc(C#N)cc3)c12. The minimum absolute atomic E-state index is 0.173. The molecule has 2 heterocycles. The highest BCUT2D eigenvalue weighted by Gasteiger charge is 2.20. The number of carbonyl (C=O) groups excluding carboxylic acids is 1. The summed E-state index contributed by atoms with van der Waals surface area (Å²) in [5.41, 5.74) is 2.95. The van der Waals surface area contributed by atoms with Crippen molar-refractivity contribution in [2.75, 3.05) is 0 Å². The molecule has 0 radical (unpaired) electrons. The minimum Gasteiger partial charge on any atom is -0.348 e. The van der Waals surface area contributed by atoms with E-state index in [1.165, 1.54) is 6.07 Å². The van der Waals surface area contributed by atoms with Crippen molar-refractivity contribution in [2.45, 2.75) is 13.5 Å². The van der Waals surface area contributed by atoms with Crippen LogP contribution in [0.15, 0.2) is 59.1 Å². The summed E-state index contributed by atoms with van der Waals surface area (Å²) < 4.78 is 19.5. The second-order valence-electron chi connectivity index (χ2n) is 6.47. The van der Waals surface area contributed by atoms with Crippen LogP contribution in [0.5, 0.6) is 0 Å². The normalized spacial score (nSPS) is 10.7. The van der Waals surface area contributed by atoms with Gasteiger partial charge in [0.05, 0.1) is 34.0 Å². The summed E-state index contributed by atoms with van der Waals surface area (Å²) in [6.07, 6.45) is 0. The van der Waals surface area contributed by atoms with Gasteiger partial charge in [0.1, 0.15) is 5.82 Å². The van der Waals surface area contributed by atoms with E-state index in [0.717, 1.165) is 5.56 Å². The molecule has 1 amide bonds. The first-order valence-corrected chi connectivity index (χ1v) is 8.86. The summed E-state index contributed by atoms with van der Waals surface area (Å²) >= 11 is 0. The van der Waals surface area contributed by atoms with Crippen LogP contribution in [0.1, 0.15) is 27.2 Å². The molecule has 1 N–H and O–H groups in total. The Balaban J connectivity index is 1.69. The highest BCUT2D eigenvalue weighted by Crippen LogP contribution is 2.28. The Kier molecular flexibility index (Phi) is 4.75. The van der Waals surface area contributed by atoms with Crippen LogP contribution >= 0.6 is 0 Å². The monoisotopic (exact) mass is 386 g/mol. The number of benzene rings is 2. The lowest BCUT2D eigenvalue weighted by Crippen LogP contribution is -2.23. The molecule has 6 nitrogen and oxygen atoms in total. The molecule has 0 saturated heterocycles. The van der Waals surface area contributed by atoms with Crippen molar-refractivity contribution in [3.05, 3.63) is 82.8 Å². The highest BCUT2D eigenvalue weighted by molar-refractivity contribution is 6.07. The van der Waals surface area contributed by atoms with Crippen LogP contribution in [0.2, 0.25) is 0 Å². The molecule has 0 aliphatic carbocycles. The molecule has 7 heteroatoms. The Morgan fingerprint density at radius 1 is 1.21 bits per heavy atom. The first-order valence-electron chi connectivity index (χ1n) is 8.86. The average molecular weight is 386 g/mol. The molecule has 2 aromatic carbocycles. The lowest BCUT2D eigenvalue weighted by molar-refractivity contribution is 0.0952. The van der Waals surface area contributed by atoms with Gasteiger partial charge in [-0.15, -0.1) is 0 Å². The first kappa shape index (κ1) is 18.3. The van der Waals surface area contributed by atoms with Gasteiger partial charge in [-0.1, -0.05) is 29.4 Å². The van der Waals surface area contributed by atoms with E-state index in [0.29, 0.717) is 22.2 Å². The molecule has 0 unspecified atom stereocenters. The van der Waals surface area contributed by atoms with Crippen LogP contribution in [0, 0.1) is 24.1 Å². The maximum absolute atomic E-state index is 14.2. The number of nitrogens with one attached hydrogen (secondary N) is 1. The highest BCUT2D eigenvalue weighted by atomic mass is 19.1. The van der Waals surface area contributed by atoms with Crippen molar-refractivity contribution in [2.24, 2.45) is 0 Å². The molecule has 0 spiro atoms. The standard InChI is InChI=1S/C22H15FN4O2/c1-13-20-17(21(28)25-12-15-8-6-14(11-24)7-9-15)10-19(26-22(20)29-27-13)16-4-2-3-5-18(16)23/h2-10H,12H2,1H3,(H,25,28). The number of hydrogen-bond acceptors (Lipinski definition) is 5. The van der Waals surface area contributed by atoms with Crippen molar-refractivity contribution >= 4 is 17.0 Å². The number of pyridine rings is 1. The lowest BCUT2D eigenvalue weighted by atomic mass is 10.0. The Bertz CT molecular complexity index is 1260. The summed E-state index contributed by atoms with van der Waals surface area (Å²) in [5, 5.41) is 16.1. The van der Waals surface area contributed by atoms with E-state index >= 15 is 0 Å². The van der Waals surface area contributed by atoms with E-state index < -0.39 is 5.82 Å². The smallest absolute Gasteiger partial charge is 0.259 e. The van der Waals surface area contributed by atoms with Gasteiger partial charge in [0.2, 0.25) is 0 Å². The number of amides is 1. The maximum atomic E-state index is 14.2. The molecular formula is C22H15FN4O2. The third-order valence-corrected chi connectivity index (χ3v) is 4.55. The molecule has 4 aromatic rings. The second kappa shape index (κ2) is 7.52. The summed E-state index contributed by atoms with van der Waals surface area (Å²) in [7, 11) is 0. The van der Waals surface area contributed by atoms with Crippen molar-refractivity contribution in [1.29, 1.82) is 5.26 Å². The predicted molar refractivity (Wildman–Crippen MR) is 104 cm³/mol. The van der Waals surface area contributed by atoms with Crippen LogP contribution in [-0.2, 0) is 6.54 Å². The molecule has 0 atom stereocenters. The molecule has 0 aliphatic rings. The van der Waals surface area contributed by atoms with Crippen molar-refractivity contribution < 1.29 is 13.7 Å². The van der Waals surface area contributed by atoms with Crippen LogP contribution in [-0.4, -0.2) is 16.0 Å². The predicted octanol–water partition coefficient (Wildman–Crippen LogP) is 4.14. The van der Waals surface area contributed by atoms with Crippen LogP contribution in [0.4, 0.5) is 4.39 Å². The van der Waals surface area contributed by atoms with Gasteiger partial charge < -0.3 is 9.84 Å². The van der Waals surface area contributed by atoms with E-state index in [9.17, 15) is 9.18 Å². The third-order valence-electron chi connectivity index (χ3n) is 4.55. The molecule has 0 bridgehead atoms. The fourth-order valence-corrected chi connectivity index (χ4v) is 3.06. The number of hydrogen-bond donors (Lipinski definition) is 1.